The van der Waals surface area contributed by atoms with E-state index >= 15 is 0 Å². The molecule has 0 bridgehead atoms. The number of thiophene rings is 1. The molecule has 0 spiro atoms. The van der Waals surface area contributed by atoms with Gasteiger partial charge in [0.25, 0.3) is 0 Å². The monoisotopic (exact) mass is 946 g/mol. The van der Waals surface area contributed by atoms with Gasteiger partial charge in [0.2, 0.25) is 0 Å². The van der Waals surface area contributed by atoms with E-state index in [0.29, 0.717) is 0 Å². The standard InChI is InChI=1S/C70H46N2S/c1-3-13-47(14-4-1)43-65(56-33-42-67-66(45-56)64-40-32-53-18-9-10-20-61(53)70(64)72(67)59-38-31-49-17-7-8-19-55(49)44-59)54-25-23-50(24-26-54)52-29-36-58(37-30-52)71(57-34-27-51(28-35-57)48-15-5-2-6-16-48)60-39-41-63-62-21-11-12-22-68(62)73-69(63)46-60/h1-46H. The van der Waals surface area contributed by atoms with Crippen molar-refractivity contribution in [2.24, 2.45) is 0 Å². The maximum absolute atomic E-state index is 2.47. The number of hydrogen-bond acceptors (Lipinski definition) is 2. The molecule has 0 atom stereocenters. The van der Waals surface area contributed by atoms with Gasteiger partial charge in [0, 0.05) is 59.1 Å². The van der Waals surface area contributed by atoms with Crippen molar-refractivity contribution in [3.63, 3.8) is 0 Å². The topological polar surface area (TPSA) is 8.17 Å². The fraction of sp³-hybridized carbons (Fsp3) is 0. The molecule has 3 heteroatoms. The number of anilines is 3. The van der Waals surface area contributed by atoms with Crippen LogP contribution in [0, 0.1) is 0 Å². The van der Waals surface area contributed by atoms with Crippen LogP contribution in [0.1, 0.15) is 16.7 Å². The number of benzene rings is 12. The van der Waals surface area contributed by atoms with Crippen molar-refractivity contribution in [3.8, 4) is 27.9 Å². The van der Waals surface area contributed by atoms with Gasteiger partial charge in [-0.2, -0.15) is 0 Å². The van der Waals surface area contributed by atoms with Crippen molar-refractivity contribution in [2.45, 2.75) is 0 Å². The first-order valence-corrected chi connectivity index (χ1v) is 25.8. The summed E-state index contributed by atoms with van der Waals surface area (Å²) in [6.07, 6.45) is 2.33. The van der Waals surface area contributed by atoms with Gasteiger partial charge >= 0.3 is 0 Å². The van der Waals surface area contributed by atoms with Crippen molar-refractivity contribution in [3.05, 3.63) is 290 Å². The van der Waals surface area contributed by atoms with Gasteiger partial charge < -0.3 is 9.47 Å². The zero-order valence-corrected chi connectivity index (χ0v) is 40.7. The number of rotatable bonds is 9. The summed E-state index contributed by atoms with van der Waals surface area (Å²) in [6.45, 7) is 0. The van der Waals surface area contributed by atoms with Crippen LogP contribution in [0.5, 0.6) is 0 Å². The van der Waals surface area contributed by atoms with E-state index < -0.39 is 0 Å². The molecule has 0 aliphatic rings. The Morgan fingerprint density at radius 2 is 0.890 bits per heavy atom. The fourth-order valence-corrected chi connectivity index (χ4v) is 12.1. The molecule has 2 aromatic heterocycles. The largest absolute Gasteiger partial charge is 0.310 e. The molecule has 0 aliphatic carbocycles. The first-order valence-electron chi connectivity index (χ1n) is 25.0. The molecule has 12 aromatic carbocycles. The molecule has 0 saturated carbocycles. The van der Waals surface area contributed by atoms with Crippen LogP contribution in [0.3, 0.4) is 0 Å². The first-order chi connectivity index (χ1) is 36.2. The van der Waals surface area contributed by atoms with E-state index in [9.17, 15) is 0 Å². The van der Waals surface area contributed by atoms with Crippen LogP contribution >= 0.6 is 11.3 Å². The lowest BCUT2D eigenvalue weighted by atomic mass is 9.93. The van der Waals surface area contributed by atoms with Gasteiger partial charge in [0.15, 0.2) is 0 Å². The molecule has 14 rings (SSSR count). The summed E-state index contributed by atoms with van der Waals surface area (Å²) in [5.74, 6) is 0. The SMILES string of the molecule is C(=C(c1ccc(-c2ccc(N(c3ccc(-c4ccccc4)cc3)c3ccc4c(c3)sc3ccccc34)cc2)cc1)c1ccc2c(c1)c1ccc3ccccc3c1n2-c1ccc2ccccc2c1)c1ccccc1. The van der Waals surface area contributed by atoms with Crippen molar-refractivity contribution in [1.82, 2.24) is 4.57 Å². The Balaban J connectivity index is 0.840. The van der Waals surface area contributed by atoms with Crippen LogP contribution in [0.4, 0.5) is 17.1 Å². The third-order valence-electron chi connectivity index (χ3n) is 14.6. The highest BCUT2D eigenvalue weighted by Crippen LogP contribution is 2.43. The van der Waals surface area contributed by atoms with Gasteiger partial charge in [-0.05, 0) is 133 Å². The van der Waals surface area contributed by atoms with E-state index in [0.717, 1.165) is 33.9 Å². The van der Waals surface area contributed by atoms with E-state index in [1.165, 1.54) is 96.9 Å². The van der Waals surface area contributed by atoms with E-state index in [-0.39, 0.29) is 0 Å². The minimum Gasteiger partial charge on any atom is -0.310 e. The summed E-state index contributed by atoms with van der Waals surface area (Å²) in [6, 6.07) is 99.9. The summed E-state index contributed by atoms with van der Waals surface area (Å²) in [5.41, 5.74) is 16.3. The molecule has 2 nitrogen and oxygen atoms in total. The van der Waals surface area contributed by atoms with Gasteiger partial charge in [0.05, 0.1) is 11.0 Å². The molecule has 0 radical (unpaired) electrons. The highest BCUT2D eigenvalue weighted by Gasteiger charge is 2.19. The van der Waals surface area contributed by atoms with Gasteiger partial charge in [-0.15, -0.1) is 11.3 Å². The van der Waals surface area contributed by atoms with E-state index in [2.05, 4.69) is 289 Å². The fourth-order valence-electron chi connectivity index (χ4n) is 11.0. The molecule has 2 heterocycles. The lowest BCUT2D eigenvalue weighted by Gasteiger charge is -2.26. The van der Waals surface area contributed by atoms with Crippen LogP contribution in [0.2, 0.25) is 0 Å². The molecule has 0 N–H and O–H groups in total. The number of aromatic nitrogens is 1. The maximum atomic E-state index is 2.47. The maximum Gasteiger partial charge on any atom is 0.0619 e. The zero-order chi connectivity index (χ0) is 48.2. The highest BCUT2D eigenvalue weighted by molar-refractivity contribution is 7.25. The van der Waals surface area contributed by atoms with Crippen molar-refractivity contribution < 1.29 is 0 Å². The molecule has 0 saturated heterocycles. The molecule has 0 amide bonds. The second-order valence-corrected chi connectivity index (χ2v) is 20.0. The minimum atomic E-state index is 1.10. The van der Waals surface area contributed by atoms with Crippen LogP contribution in [-0.2, 0) is 0 Å². The smallest absolute Gasteiger partial charge is 0.0619 e. The Bertz CT molecular complexity index is 4390. The van der Waals surface area contributed by atoms with Gasteiger partial charge in [-0.3, -0.25) is 0 Å². The summed E-state index contributed by atoms with van der Waals surface area (Å²) in [5, 5.41) is 10.0. The van der Waals surface area contributed by atoms with Gasteiger partial charge in [-0.25, -0.2) is 0 Å². The Labute approximate surface area is 428 Å². The van der Waals surface area contributed by atoms with Crippen LogP contribution in [0.25, 0.3) is 103 Å². The quantitative estimate of drug-likeness (QED) is 0.131. The van der Waals surface area contributed by atoms with Crippen molar-refractivity contribution >= 4 is 104 Å². The number of fused-ring (bicyclic) bond motifs is 9. The zero-order valence-electron chi connectivity index (χ0n) is 39.9. The molecule has 0 aliphatic heterocycles. The average Bonchev–Trinajstić information content (AvgIpc) is 4.01. The van der Waals surface area contributed by atoms with E-state index in [4.69, 9.17) is 0 Å². The van der Waals surface area contributed by atoms with Gasteiger partial charge in [0.1, 0.15) is 0 Å². The average molecular weight is 947 g/mol. The second-order valence-electron chi connectivity index (χ2n) is 18.9. The molecule has 0 fully saturated rings. The third-order valence-corrected chi connectivity index (χ3v) is 15.7. The predicted molar refractivity (Wildman–Crippen MR) is 314 cm³/mol. The number of hydrogen-bond donors (Lipinski definition) is 0. The Hall–Kier alpha value is -9.28. The van der Waals surface area contributed by atoms with Crippen molar-refractivity contribution in [2.75, 3.05) is 4.90 Å². The molecular formula is C70H46N2S. The Morgan fingerprint density at radius 1 is 0.342 bits per heavy atom. The second kappa shape index (κ2) is 17.8. The highest BCUT2D eigenvalue weighted by atomic mass is 32.1. The van der Waals surface area contributed by atoms with Crippen LogP contribution in [-0.4, -0.2) is 4.57 Å². The molecule has 73 heavy (non-hydrogen) atoms. The molecular weight excluding hydrogens is 901 g/mol. The lowest BCUT2D eigenvalue weighted by Crippen LogP contribution is -2.09. The summed E-state index contributed by atoms with van der Waals surface area (Å²) < 4.78 is 5.06. The number of nitrogens with zero attached hydrogens (tertiary/aromatic N) is 2. The van der Waals surface area contributed by atoms with Crippen LogP contribution in [0.15, 0.2) is 273 Å². The van der Waals surface area contributed by atoms with Crippen molar-refractivity contribution in [1.29, 1.82) is 0 Å². The van der Waals surface area contributed by atoms with E-state index in [1.54, 1.807) is 0 Å². The summed E-state index contributed by atoms with van der Waals surface area (Å²) >= 11 is 1.85. The Kier molecular flexibility index (Phi) is 10.4. The summed E-state index contributed by atoms with van der Waals surface area (Å²) in [7, 11) is 0. The lowest BCUT2D eigenvalue weighted by molar-refractivity contribution is 1.19. The van der Waals surface area contributed by atoms with E-state index in [1.807, 2.05) is 11.3 Å². The molecule has 14 aromatic rings. The molecule has 0 unspecified atom stereocenters. The summed E-state index contributed by atoms with van der Waals surface area (Å²) in [4.78, 5) is 2.38. The Morgan fingerprint density at radius 3 is 1.63 bits per heavy atom. The normalized spacial score (nSPS) is 11.9. The van der Waals surface area contributed by atoms with Crippen LogP contribution < -0.4 is 4.90 Å². The molecule has 342 valence electrons. The predicted octanol–water partition coefficient (Wildman–Crippen LogP) is 19.9. The minimum absolute atomic E-state index is 1.10. The first kappa shape index (κ1) is 42.6. The third kappa shape index (κ3) is 7.66. The van der Waals surface area contributed by atoms with Gasteiger partial charge in [-0.1, -0.05) is 206 Å².